The molecule has 82 valence electrons. The van der Waals surface area contributed by atoms with Crippen LogP contribution in [0.15, 0.2) is 24.3 Å². The Kier molecular flexibility index (Phi) is 2.60. The summed E-state index contributed by atoms with van der Waals surface area (Å²) in [6.45, 7) is 4.01. The van der Waals surface area contributed by atoms with Gasteiger partial charge in [-0.3, -0.25) is 9.48 Å². The number of aryl methyl sites for hydroxylation is 2. The number of aromatic nitrogens is 2. The van der Waals surface area contributed by atoms with Gasteiger partial charge < -0.3 is 0 Å². The average molecular weight is 214 g/mol. The van der Waals surface area contributed by atoms with Crippen molar-refractivity contribution in [2.45, 2.75) is 13.8 Å². The van der Waals surface area contributed by atoms with Crippen LogP contribution in [0, 0.1) is 13.8 Å². The summed E-state index contributed by atoms with van der Waals surface area (Å²) in [5.41, 5.74) is 4.96. The molecule has 0 N–H and O–H groups in total. The molecule has 0 aliphatic rings. The molecule has 16 heavy (non-hydrogen) atoms. The first-order valence-corrected chi connectivity index (χ1v) is 5.19. The first-order valence-electron chi connectivity index (χ1n) is 5.19. The van der Waals surface area contributed by atoms with Crippen LogP contribution >= 0.6 is 0 Å². The van der Waals surface area contributed by atoms with E-state index in [2.05, 4.69) is 5.10 Å². The van der Waals surface area contributed by atoms with Gasteiger partial charge in [-0.1, -0.05) is 18.2 Å². The molecule has 0 fully saturated rings. The standard InChI is InChI=1S/C13H14N2O/c1-9-13(10(2)15(3)14-9)12-6-4-5-11(7-12)8-16/h4-8H,1-3H3. The zero-order valence-electron chi connectivity index (χ0n) is 9.69. The van der Waals surface area contributed by atoms with Crippen LogP contribution in [0.3, 0.4) is 0 Å². The summed E-state index contributed by atoms with van der Waals surface area (Å²) in [7, 11) is 1.93. The predicted molar refractivity (Wildman–Crippen MR) is 63.5 cm³/mol. The summed E-state index contributed by atoms with van der Waals surface area (Å²) in [5.74, 6) is 0. The average Bonchev–Trinajstić information content (AvgIpc) is 2.53. The summed E-state index contributed by atoms with van der Waals surface area (Å²) in [4.78, 5) is 10.7. The second-order valence-corrected chi connectivity index (χ2v) is 3.91. The molecule has 0 saturated carbocycles. The normalized spacial score (nSPS) is 10.4. The van der Waals surface area contributed by atoms with Gasteiger partial charge in [0.25, 0.3) is 0 Å². The molecule has 0 unspecified atom stereocenters. The first kappa shape index (κ1) is 10.6. The maximum atomic E-state index is 10.7. The topological polar surface area (TPSA) is 34.9 Å². The van der Waals surface area contributed by atoms with E-state index < -0.39 is 0 Å². The molecule has 1 aromatic heterocycles. The molecule has 0 aliphatic carbocycles. The second-order valence-electron chi connectivity index (χ2n) is 3.91. The summed E-state index contributed by atoms with van der Waals surface area (Å²) in [6, 6.07) is 7.59. The fourth-order valence-electron chi connectivity index (χ4n) is 1.96. The second kappa shape index (κ2) is 3.93. The highest BCUT2D eigenvalue weighted by Gasteiger charge is 2.11. The van der Waals surface area contributed by atoms with Gasteiger partial charge in [-0.25, -0.2) is 0 Å². The van der Waals surface area contributed by atoms with E-state index in [1.165, 1.54) is 0 Å². The largest absolute Gasteiger partial charge is 0.298 e. The van der Waals surface area contributed by atoms with E-state index in [-0.39, 0.29) is 0 Å². The zero-order valence-corrected chi connectivity index (χ0v) is 9.69. The van der Waals surface area contributed by atoms with Gasteiger partial charge in [-0.15, -0.1) is 0 Å². The van der Waals surface area contributed by atoms with Crippen LogP contribution in [0.4, 0.5) is 0 Å². The molecule has 0 bridgehead atoms. The molecule has 0 saturated heterocycles. The van der Waals surface area contributed by atoms with Crippen LogP contribution < -0.4 is 0 Å². The van der Waals surface area contributed by atoms with Crippen LogP contribution in [0.1, 0.15) is 21.7 Å². The van der Waals surface area contributed by atoms with Gasteiger partial charge in [0.1, 0.15) is 6.29 Å². The molecule has 2 aromatic rings. The minimum atomic E-state index is 0.695. The lowest BCUT2D eigenvalue weighted by Gasteiger charge is -2.02. The van der Waals surface area contributed by atoms with Crippen molar-refractivity contribution in [3.63, 3.8) is 0 Å². The van der Waals surface area contributed by atoms with Crippen molar-refractivity contribution in [2.24, 2.45) is 7.05 Å². The van der Waals surface area contributed by atoms with Crippen LogP contribution in [-0.2, 0) is 7.05 Å². The molecule has 0 atom stereocenters. The Hall–Kier alpha value is -1.90. The quantitative estimate of drug-likeness (QED) is 0.720. The minimum absolute atomic E-state index is 0.695. The Bertz CT molecular complexity index is 541. The van der Waals surface area contributed by atoms with Crippen LogP contribution in [0.25, 0.3) is 11.1 Å². The Morgan fingerprint density at radius 3 is 2.62 bits per heavy atom. The molecule has 3 nitrogen and oxygen atoms in total. The maximum Gasteiger partial charge on any atom is 0.150 e. The third-order valence-electron chi connectivity index (χ3n) is 2.82. The van der Waals surface area contributed by atoms with E-state index in [9.17, 15) is 4.79 Å². The van der Waals surface area contributed by atoms with E-state index in [4.69, 9.17) is 0 Å². The number of benzene rings is 1. The highest BCUT2D eigenvalue weighted by atomic mass is 16.1. The van der Waals surface area contributed by atoms with Gasteiger partial charge in [0.05, 0.1) is 5.69 Å². The molecule has 1 aromatic carbocycles. The molecule has 3 heteroatoms. The highest BCUT2D eigenvalue weighted by Crippen LogP contribution is 2.26. The van der Waals surface area contributed by atoms with E-state index >= 15 is 0 Å². The van der Waals surface area contributed by atoms with Crippen molar-refractivity contribution >= 4 is 6.29 Å². The molecule has 0 aliphatic heterocycles. The number of hydrogen-bond donors (Lipinski definition) is 0. The number of hydrogen-bond acceptors (Lipinski definition) is 2. The summed E-state index contributed by atoms with van der Waals surface area (Å²) >= 11 is 0. The highest BCUT2D eigenvalue weighted by molar-refractivity contribution is 5.79. The molecule has 0 spiro atoms. The van der Waals surface area contributed by atoms with E-state index in [0.717, 1.165) is 28.8 Å². The monoisotopic (exact) mass is 214 g/mol. The molecule has 1 heterocycles. The number of carbonyl (C=O) groups is 1. The van der Waals surface area contributed by atoms with Crippen LogP contribution in [0.5, 0.6) is 0 Å². The minimum Gasteiger partial charge on any atom is -0.298 e. The molecule has 2 rings (SSSR count). The lowest BCUT2D eigenvalue weighted by Crippen LogP contribution is -1.92. The Balaban J connectivity index is 2.62. The summed E-state index contributed by atoms with van der Waals surface area (Å²) < 4.78 is 1.86. The van der Waals surface area contributed by atoms with Gasteiger partial charge in [-0.05, 0) is 25.5 Å². The third-order valence-corrected chi connectivity index (χ3v) is 2.82. The van der Waals surface area contributed by atoms with E-state index in [1.807, 2.05) is 43.8 Å². The van der Waals surface area contributed by atoms with Crippen molar-refractivity contribution in [1.82, 2.24) is 9.78 Å². The number of carbonyl (C=O) groups excluding carboxylic acids is 1. The number of rotatable bonds is 2. The van der Waals surface area contributed by atoms with Gasteiger partial charge in [0.15, 0.2) is 0 Å². The van der Waals surface area contributed by atoms with Crippen LogP contribution in [-0.4, -0.2) is 16.1 Å². The SMILES string of the molecule is Cc1nn(C)c(C)c1-c1cccc(C=O)c1. The zero-order chi connectivity index (χ0) is 11.7. The van der Waals surface area contributed by atoms with Crippen molar-refractivity contribution in [3.05, 3.63) is 41.2 Å². The predicted octanol–water partition coefficient (Wildman–Crippen LogP) is 2.52. The molecular weight excluding hydrogens is 200 g/mol. The summed E-state index contributed by atoms with van der Waals surface area (Å²) in [6.07, 6.45) is 0.866. The molecule has 0 radical (unpaired) electrons. The van der Waals surface area contributed by atoms with E-state index in [0.29, 0.717) is 5.56 Å². The van der Waals surface area contributed by atoms with Gasteiger partial charge in [-0.2, -0.15) is 5.10 Å². The Labute approximate surface area is 94.7 Å². The van der Waals surface area contributed by atoms with Crippen molar-refractivity contribution in [1.29, 1.82) is 0 Å². The first-order chi connectivity index (χ1) is 7.63. The van der Waals surface area contributed by atoms with Gasteiger partial charge >= 0.3 is 0 Å². The fourth-order valence-corrected chi connectivity index (χ4v) is 1.96. The van der Waals surface area contributed by atoms with Crippen molar-refractivity contribution in [2.75, 3.05) is 0 Å². The fraction of sp³-hybridized carbons (Fsp3) is 0.231. The smallest absolute Gasteiger partial charge is 0.150 e. The molecular formula is C13H14N2O. The van der Waals surface area contributed by atoms with Crippen LogP contribution in [0.2, 0.25) is 0 Å². The third kappa shape index (κ3) is 1.65. The number of aldehydes is 1. The number of nitrogens with zero attached hydrogens (tertiary/aromatic N) is 2. The van der Waals surface area contributed by atoms with Gasteiger partial charge in [0, 0.05) is 23.9 Å². The van der Waals surface area contributed by atoms with Crippen molar-refractivity contribution in [3.8, 4) is 11.1 Å². The van der Waals surface area contributed by atoms with E-state index in [1.54, 1.807) is 6.07 Å². The Morgan fingerprint density at radius 2 is 2.06 bits per heavy atom. The molecule has 0 amide bonds. The Morgan fingerprint density at radius 1 is 1.31 bits per heavy atom. The van der Waals surface area contributed by atoms with Crippen molar-refractivity contribution < 1.29 is 4.79 Å². The lowest BCUT2D eigenvalue weighted by molar-refractivity contribution is 0.112. The summed E-state index contributed by atoms with van der Waals surface area (Å²) in [5, 5.41) is 4.37. The van der Waals surface area contributed by atoms with Gasteiger partial charge in [0.2, 0.25) is 0 Å². The maximum absolute atomic E-state index is 10.7. The lowest BCUT2D eigenvalue weighted by atomic mass is 10.0.